The van der Waals surface area contributed by atoms with Crippen LogP contribution in [-0.4, -0.2) is 46.2 Å². The van der Waals surface area contributed by atoms with Gasteiger partial charge in [0, 0.05) is 37.2 Å². The highest BCUT2D eigenvalue weighted by atomic mass is 32.2. The number of hydrogen-bond donors (Lipinski definition) is 1. The molecular weight excluding hydrogens is 583 g/mol. The van der Waals surface area contributed by atoms with Crippen molar-refractivity contribution in [3.05, 3.63) is 71.7 Å². The van der Waals surface area contributed by atoms with Gasteiger partial charge in [-0.15, -0.1) is 0 Å². The van der Waals surface area contributed by atoms with Crippen LogP contribution in [0.1, 0.15) is 37.2 Å². The largest absolute Gasteiger partial charge is 0.451 e. The molecule has 3 aromatic rings. The molecule has 1 aliphatic heterocycles. The van der Waals surface area contributed by atoms with Crippen LogP contribution in [0.4, 0.5) is 30.7 Å². The molecule has 1 amide bonds. The number of halogens is 7. The molecule has 1 aliphatic rings. The molecule has 0 spiro atoms. The van der Waals surface area contributed by atoms with Gasteiger partial charge in [-0.05, 0) is 47.7 Å². The van der Waals surface area contributed by atoms with E-state index in [1.54, 1.807) is 13.8 Å². The topological polar surface area (TPSA) is 105 Å². The molecule has 4 rings (SSSR count). The fourth-order valence-corrected chi connectivity index (χ4v) is 6.18. The van der Waals surface area contributed by atoms with Crippen molar-refractivity contribution in [3.8, 4) is 11.3 Å². The molecule has 3 heterocycles. The quantitative estimate of drug-likeness (QED) is 0.404. The van der Waals surface area contributed by atoms with Crippen LogP contribution < -0.4 is 5.32 Å². The minimum atomic E-state index is -4.89. The molecule has 1 atom stereocenters. The van der Waals surface area contributed by atoms with Gasteiger partial charge in [-0.3, -0.25) is 9.78 Å². The molecule has 41 heavy (non-hydrogen) atoms. The molecule has 0 aliphatic carbocycles. The van der Waals surface area contributed by atoms with Crippen LogP contribution in [0.3, 0.4) is 0 Å². The van der Waals surface area contributed by atoms with Crippen LogP contribution in [0.2, 0.25) is 0 Å². The molecule has 16 heteroatoms. The van der Waals surface area contributed by atoms with Crippen molar-refractivity contribution in [2.75, 3.05) is 6.54 Å². The van der Waals surface area contributed by atoms with Gasteiger partial charge in [-0.25, -0.2) is 22.8 Å². The lowest BCUT2D eigenvalue weighted by Gasteiger charge is -2.24. The van der Waals surface area contributed by atoms with E-state index in [0.717, 1.165) is 47.0 Å². The number of benzene rings is 1. The van der Waals surface area contributed by atoms with Gasteiger partial charge >= 0.3 is 12.4 Å². The Hall–Kier alpha value is -3.66. The van der Waals surface area contributed by atoms with Crippen molar-refractivity contribution < 1.29 is 43.9 Å². The first kappa shape index (κ1) is 30.3. The van der Waals surface area contributed by atoms with Crippen molar-refractivity contribution in [2.45, 2.75) is 50.1 Å². The normalized spacial score (nSPS) is 17.9. The van der Waals surface area contributed by atoms with E-state index in [1.165, 1.54) is 0 Å². The first-order chi connectivity index (χ1) is 18.9. The van der Waals surface area contributed by atoms with Crippen molar-refractivity contribution in [2.24, 2.45) is 5.41 Å². The predicted molar refractivity (Wildman–Crippen MR) is 130 cm³/mol. The highest BCUT2D eigenvalue weighted by Crippen LogP contribution is 2.38. The molecule has 1 N–H and O–H groups in total. The predicted octanol–water partition coefficient (Wildman–Crippen LogP) is 4.82. The van der Waals surface area contributed by atoms with Gasteiger partial charge in [0.25, 0.3) is 0 Å². The maximum Gasteiger partial charge on any atom is 0.451 e. The van der Waals surface area contributed by atoms with E-state index >= 15 is 0 Å². The Kier molecular flexibility index (Phi) is 7.86. The van der Waals surface area contributed by atoms with Crippen LogP contribution in [0.15, 0.2) is 53.8 Å². The molecule has 0 unspecified atom stereocenters. The molecule has 8 nitrogen and oxygen atoms in total. The Morgan fingerprint density at radius 1 is 1.00 bits per heavy atom. The first-order valence-corrected chi connectivity index (χ1v) is 13.3. The number of carbonyl (C=O) groups is 1. The Bertz CT molecular complexity index is 1540. The maximum atomic E-state index is 13.7. The third-order valence-corrected chi connectivity index (χ3v) is 8.22. The van der Waals surface area contributed by atoms with Crippen molar-refractivity contribution >= 4 is 15.9 Å². The number of carbonyl (C=O) groups excluding carboxylic acids is 1. The standard InChI is InChI=1S/C25H22F7N5O3S/c1-23(2)8-20(37(13-23)41(39,40)17-5-3-16(26)4-6-17)21(38)34-9-14-7-19(33-12-18(14)24(27,28)29)15-10-35-22(36-11-15)25(30,31)32/h3-7,10-12,20H,8-9,13H2,1-2H3,(H,34,38)/t20-/m0/s1. The molecule has 220 valence electrons. The van der Waals surface area contributed by atoms with Crippen LogP contribution in [0.5, 0.6) is 0 Å². The molecule has 0 bridgehead atoms. The fraction of sp³-hybridized carbons (Fsp3) is 0.360. The van der Waals surface area contributed by atoms with E-state index in [-0.39, 0.29) is 29.1 Å². The summed E-state index contributed by atoms with van der Waals surface area (Å²) in [4.78, 5) is 23.0. The SMILES string of the molecule is CC1(C)C[C@@H](C(=O)NCc2cc(-c3cnc(C(F)(F)F)nc3)ncc2C(F)(F)F)N(S(=O)(=O)c2ccc(F)cc2)C1. The second-order valence-corrected chi connectivity index (χ2v) is 12.0. The van der Waals surface area contributed by atoms with Crippen molar-refractivity contribution in [3.63, 3.8) is 0 Å². The van der Waals surface area contributed by atoms with Gasteiger partial charge in [-0.2, -0.15) is 30.6 Å². The Morgan fingerprint density at radius 2 is 1.61 bits per heavy atom. The summed E-state index contributed by atoms with van der Waals surface area (Å²) < 4.78 is 120. The summed E-state index contributed by atoms with van der Waals surface area (Å²) in [6.07, 6.45) is -7.68. The highest BCUT2D eigenvalue weighted by molar-refractivity contribution is 7.89. The number of amides is 1. The second kappa shape index (κ2) is 10.6. The Labute approximate surface area is 229 Å². The Morgan fingerprint density at radius 3 is 2.17 bits per heavy atom. The second-order valence-electron chi connectivity index (χ2n) is 10.1. The van der Waals surface area contributed by atoms with Crippen LogP contribution in [0, 0.1) is 11.2 Å². The van der Waals surface area contributed by atoms with Crippen LogP contribution in [0.25, 0.3) is 11.3 Å². The van der Waals surface area contributed by atoms with E-state index in [2.05, 4.69) is 20.3 Å². The average Bonchev–Trinajstić information content (AvgIpc) is 3.22. The number of sulfonamides is 1. The van der Waals surface area contributed by atoms with E-state index in [4.69, 9.17) is 0 Å². The number of pyridine rings is 1. The number of nitrogens with zero attached hydrogens (tertiary/aromatic N) is 4. The summed E-state index contributed by atoms with van der Waals surface area (Å²) in [5.74, 6) is -2.98. The average molecular weight is 606 g/mol. The molecule has 2 aromatic heterocycles. The van der Waals surface area contributed by atoms with Gasteiger partial charge in [0.1, 0.15) is 11.9 Å². The molecule has 0 saturated carbocycles. The number of hydrogen-bond acceptors (Lipinski definition) is 6. The molecule has 1 saturated heterocycles. The highest BCUT2D eigenvalue weighted by Gasteiger charge is 2.47. The smallest absolute Gasteiger partial charge is 0.351 e. The number of nitrogens with one attached hydrogen (secondary N) is 1. The van der Waals surface area contributed by atoms with Gasteiger partial charge in [0.15, 0.2) is 0 Å². The zero-order valence-electron chi connectivity index (χ0n) is 21.4. The third kappa shape index (κ3) is 6.64. The number of alkyl halides is 6. The minimum Gasteiger partial charge on any atom is -0.351 e. The lowest BCUT2D eigenvalue weighted by molar-refractivity contribution is -0.145. The zero-order chi connectivity index (χ0) is 30.4. The summed E-state index contributed by atoms with van der Waals surface area (Å²) in [6, 6.07) is 3.64. The van der Waals surface area contributed by atoms with Crippen LogP contribution in [-0.2, 0) is 33.7 Å². The molecule has 1 aromatic carbocycles. The lowest BCUT2D eigenvalue weighted by atomic mass is 9.90. The van der Waals surface area contributed by atoms with Gasteiger partial charge in [-0.1, -0.05) is 13.8 Å². The first-order valence-electron chi connectivity index (χ1n) is 11.9. The van der Waals surface area contributed by atoms with Gasteiger partial charge < -0.3 is 5.32 Å². The lowest BCUT2D eigenvalue weighted by Crippen LogP contribution is -2.45. The number of rotatable bonds is 6. The summed E-state index contributed by atoms with van der Waals surface area (Å²) in [7, 11) is -4.27. The van der Waals surface area contributed by atoms with E-state index < -0.39 is 69.1 Å². The molecule has 1 fully saturated rings. The maximum absolute atomic E-state index is 13.7. The summed E-state index contributed by atoms with van der Waals surface area (Å²) in [5, 5.41) is 2.35. The summed E-state index contributed by atoms with van der Waals surface area (Å²) >= 11 is 0. The van der Waals surface area contributed by atoms with E-state index in [1.807, 2.05) is 0 Å². The fourth-order valence-electron chi connectivity index (χ4n) is 4.40. The summed E-state index contributed by atoms with van der Waals surface area (Å²) in [6.45, 7) is 2.66. The van der Waals surface area contributed by atoms with Crippen molar-refractivity contribution in [1.29, 1.82) is 0 Å². The zero-order valence-corrected chi connectivity index (χ0v) is 22.2. The molecule has 0 radical (unpaired) electrons. The van der Waals surface area contributed by atoms with E-state index in [0.29, 0.717) is 6.20 Å². The minimum absolute atomic E-state index is 0.0515. The number of aromatic nitrogens is 3. The summed E-state index contributed by atoms with van der Waals surface area (Å²) in [5.41, 5.74) is -2.64. The van der Waals surface area contributed by atoms with Gasteiger partial charge in [0.2, 0.25) is 21.8 Å². The third-order valence-electron chi connectivity index (χ3n) is 6.35. The monoisotopic (exact) mass is 605 g/mol. The Balaban J connectivity index is 1.61. The van der Waals surface area contributed by atoms with E-state index in [9.17, 15) is 43.9 Å². The van der Waals surface area contributed by atoms with Crippen LogP contribution >= 0.6 is 0 Å². The van der Waals surface area contributed by atoms with Crippen molar-refractivity contribution in [1.82, 2.24) is 24.6 Å². The van der Waals surface area contributed by atoms with Gasteiger partial charge in [0.05, 0.1) is 16.2 Å². The molecular formula is C25H22F7N5O3S.